The zero-order valence-corrected chi connectivity index (χ0v) is 13.3. The van der Waals surface area contributed by atoms with Gasteiger partial charge < -0.3 is 15.0 Å². The normalized spacial score (nSPS) is 26.5. The van der Waals surface area contributed by atoms with Gasteiger partial charge in [-0.2, -0.15) is 0 Å². The predicted octanol–water partition coefficient (Wildman–Crippen LogP) is 1.61. The zero-order valence-electron chi connectivity index (χ0n) is 13.3. The maximum Gasteiger partial charge on any atom is 0.321 e. The Labute approximate surface area is 139 Å². The van der Waals surface area contributed by atoms with Crippen LogP contribution in [0.15, 0.2) is 18.2 Å². The molecule has 1 aromatic carbocycles. The lowest BCUT2D eigenvalue weighted by atomic mass is 9.94. The number of hydrogen-bond acceptors (Lipinski definition) is 3. The van der Waals surface area contributed by atoms with E-state index < -0.39 is 5.82 Å². The fourth-order valence-electron chi connectivity index (χ4n) is 3.80. The summed E-state index contributed by atoms with van der Waals surface area (Å²) in [6.45, 7) is 2.99. The summed E-state index contributed by atoms with van der Waals surface area (Å²) in [6, 6.07) is 4.07. The van der Waals surface area contributed by atoms with Crippen LogP contribution in [0.25, 0.3) is 0 Å². The van der Waals surface area contributed by atoms with Gasteiger partial charge in [-0.25, -0.2) is 9.18 Å². The lowest BCUT2D eigenvalue weighted by molar-refractivity contribution is 0.0304. The number of amides is 3. The molecule has 1 aromatic rings. The molecule has 24 heavy (non-hydrogen) atoms. The third kappa shape index (κ3) is 2.62. The first-order valence-electron chi connectivity index (χ1n) is 8.39. The van der Waals surface area contributed by atoms with Crippen LogP contribution in [-0.4, -0.2) is 55.7 Å². The average Bonchev–Trinajstić information content (AvgIpc) is 3.22. The van der Waals surface area contributed by atoms with Gasteiger partial charge in [-0.3, -0.25) is 9.69 Å². The molecular formula is C17H20FN3O3. The Balaban J connectivity index is 1.56. The lowest BCUT2D eigenvalue weighted by Crippen LogP contribution is -2.44. The number of nitrogens with one attached hydrogen (secondary N) is 1. The second-order valence-electron chi connectivity index (χ2n) is 6.55. The quantitative estimate of drug-likeness (QED) is 0.894. The Kier molecular flexibility index (Phi) is 3.88. The number of urea groups is 1. The van der Waals surface area contributed by atoms with E-state index in [1.165, 1.54) is 23.1 Å². The van der Waals surface area contributed by atoms with Crippen molar-refractivity contribution in [3.63, 3.8) is 0 Å². The van der Waals surface area contributed by atoms with E-state index in [2.05, 4.69) is 5.32 Å². The monoisotopic (exact) mass is 333 g/mol. The summed E-state index contributed by atoms with van der Waals surface area (Å²) in [7, 11) is 0. The number of fused-ring (bicyclic) bond motifs is 1. The van der Waals surface area contributed by atoms with Crippen molar-refractivity contribution in [3.05, 3.63) is 29.6 Å². The molecule has 128 valence electrons. The highest BCUT2D eigenvalue weighted by Gasteiger charge is 2.36. The van der Waals surface area contributed by atoms with Gasteiger partial charge in [-0.05, 0) is 31.0 Å². The van der Waals surface area contributed by atoms with Crippen molar-refractivity contribution in [3.8, 4) is 0 Å². The number of nitrogens with zero attached hydrogens (tertiary/aromatic N) is 2. The van der Waals surface area contributed by atoms with E-state index in [9.17, 15) is 14.0 Å². The number of halogens is 1. The van der Waals surface area contributed by atoms with Crippen LogP contribution in [-0.2, 0) is 4.74 Å². The van der Waals surface area contributed by atoms with Crippen molar-refractivity contribution < 1.29 is 18.7 Å². The average molecular weight is 333 g/mol. The minimum Gasteiger partial charge on any atom is -0.378 e. The summed E-state index contributed by atoms with van der Waals surface area (Å²) in [5.41, 5.74) is 0.582. The molecule has 6 nitrogen and oxygen atoms in total. The van der Waals surface area contributed by atoms with E-state index in [0.717, 1.165) is 19.4 Å². The van der Waals surface area contributed by atoms with Crippen molar-refractivity contribution in [2.24, 2.45) is 5.92 Å². The van der Waals surface area contributed by atoms with E-state index in [0.29, 0.717) is 37.8 Å². The van der Waals surface area contributed by atoms with Gasteiger partial charge in [0.2, 0.25) is 0 Å². The van der Waals surface area contributed by atoms with Crippen LogP contribution in [0.4, 0.5) is 14.9 Å². The highest BCUT2D eigenvalue weighted by Crippen LogP contribution is 2.30. The Morgan fingerprint density at radius 1 is 1.29 bits per heavy atom. The molecule has 0 radical (unpaired) electrons. The maximum atomic E-state index is 14.2. The molecule has 0 unspecified atom stereocenters. The van der Waals surface area contributed by atoms with Gasteiger partial charge in [0, 0.05) is 44.4 Å². The fraction of sp³-hybridized carbons (Fsp3) is 0.529. The molecular weight excluding hydrogens is 313 g/mol. The molecule has 0 aromatic heterocycles. The van der Waals surface area contributed by atoms with Gasteiger partial charge >= 0.3 is 6.03 Å². The second-order valence-corrected chi connectivity index (χ2v) is 6.55. The van der Waals surface area contributed by atoms with Crippen molar-refractivity contribution in [1.82, 2.24) is 10.2 Å². The highest BCUT2D eigenvalue weighted by molar-refractivity contribution is 5.98. The topological polar surface area (TPSA) is 61.9 Å². The van der Waals surface area contributed by atoms with Crippen LogP contribution < -0.4 is 10.2 Å². The molecule has 0 spiro atoms. The summed E-state index contributed by atoms with van der Waals surface area (Å²) in [5, 5.41) is 2.70. The van der Waals surface area contributed by atoms with Crippen LogP contribution in [0.1, 0.15) is 23.2 Å². The summed E-state index contributed by atoms with van der Waals surface area (Å²) in [5.74, 6) is -0.509. The molecule has 3 aliphatic rings. The molecule has 3 aliphatic heterocycles. The molecule has 0 aliphatic carbocycles. The van der Waals surface area contributed by atoms with E-state index in [1.54, 1.807) is 4.90 Å². The summed E-state index contributed by atoms with van der Waals surface area (Å²) in [4.78, 5) is 27.8. The molecule has 3 amide bonds. The minimum absolute atomic E-state index is 0.0320. The first-order valence-corrected chi connectivity index (χ1v) is 8.39. The fourth-order valence-corrected chi connectivity index (χ4v) is 3.80. The van der Waals surface area contributed by atoms with Crippen molar-refractivity contribution in [1.29, 1.82) is 0 Å². The lowest BCUT2D eigenvalue weighted by Gasteiger charge is -2.34. The number of carbonyl (C=O) groups excluding carboxylic acids is 2. The zero-order chi connectivity index (χ0) is 16.7. The van der Waals surface area contributed by atoms with E-state index in [4.69, 9.17) is 4.74 Å². The first-order chi connectivity index (χ1) is 11.6. The Morgan fingerprint density at radius 3 is 2.96 bits per heavy atom. The standard InChI is InChI=1S/C17H20FN3O3/c18-14-2-1-12(21-7-5-19-17(21)23)9-13(14)16(22)20-6-3-15-11(10-20)4-8-24-15/h1-2,9,11,15H,3-8,10H2,(H,19,23)/t11-,15+/m0/s1. The van der Waals surface area contributed by atoms with Crippen molar-refractivity contribution in [2.45, 2.75) is 18.9 Å². The van der Waals surface area contributed by atoms with Crippen molar-refractivity contribution in [2.75, 3.05) is 37.7 Å². The van der Waals surface area contributed by atoms with Crippen LogP contribution in [0.5, 0.6) is 0 Å². The van der Waals surface area contributed by atoms with E-state index in [1.807, 2.05) is 0 Å². The summed E-state index contributed by atoms with van der Waals surface area (Å²) < 4.78 is 19.9. The largest absolute Gasteiger partial charge is 0.378 e. The number of piperidine rings is 1. The van der Waals surface area contributed by atoms with Gasteiger partial charge in [0.1, 0.15) is 5.82 Å². The third-order valence-corrected chi connectivity index (χ3v) is 5.12. The molecule has 3 heterocycles. The number of benzene rings is 1. The smallest absolute Gasteiger partial charge is 0.321 e. The molecule has 7 heteroatoms. The van der Waals surface area contributed by atoms with Crippen LogP contribution in [0, 0.1) is 11.7 Å². The van der Waals surface area contributed by atoms with Gasteiger partial charge in [-0.1, -0.05) is 0 Å². The number of ether oxygens (including phenoxy) is 1. The maximum absolute atomic E-state index is 14.2. The van der Waals surface area contributed by atoms with Crippen LogP contribution in [0.3, 0.4) is 0 Å². The third-order valence-electron chi connectivity index (χ3n) is 5.12. The number of anilines is 1. The number of hydrogen-bond donors (Lipinski definition) is 1. The molecule has 3 saturated heterocycles. The van der Waals surface area contributed by atoms with Crippen molar-refractivity contribution >= 4 is 17.6 Å². The molecule has 0 bridgehead atoms. The van der Waals surface area contributed by atoms with Gasteiger partial charge in [-0.15, -0.1) is 0 Å². The van der Waals surface area contributed by atoms with Gasteiger partial charge in [0.25, 0.3) is 5.91 Å². The number of rotatable bonds is 2. The number of likely N-dealkylation sites (tertiary alicyclic amines) is 1. The van der Waals surface area contributed by atoms with E-state index >= 15 is 0 Å². The summed E-state index contributed by atoms with van der Waals surface area (Å²) in [6.07, 6.45) is 1.98. The highest BCUT2D eigenvalue weighted by atomic mass is 19.1. The minimum atomic E-state index is -0.548. The number of carbonyl (C=O) groups is 2. The molecule has 1 N–H and O–H groups in total. The second kappa shape index (κ2) is 6.05. The Morgan fingerprint density at radius 2 is 2.17 bits per heavy atom. The van der Waals surface area contributed by atoms with Gasteiger partial charge in [0.15, 0.2) is 0 Å². The molecule has 4 rings (SSSR count). The molecule has 3 fully saturated rings. The predicted molar refractivity (Wildman–Crippen MR) is 85.5 cm³/mol. The Hall–Kier alpha value is -2.15. The Bertz CT molecular complexity index is 681. The van der Waals surface area contributed by atoms with E-state index in [-0.39, 0.29) is 23.6 Å². The SMILES string of the molecule is O=C(c1cc(N2CCNC2=O)ccc1F)N1CC[C@H]2OCC[C@H]2C1. The molecule has 2 atom stereocenters. The summed E-state index contributed by atoms with van der Waals surface area (Å²) >= 11 is 0. The van der Waals surface area contributed by atoms with Crippen LogP contribution in [0.2, 0.25) is 0 Å². The first kappa shape index (κ1) is 15.4. The van der Waals surface area contributed by atoms with Crippen LogP contribution >= 0.6 is 0 Å². The van der Waals surface area contributed by atoms with Gasteiger partial charge in [0.05, 0.1) is 11.7 Å². The molecule has 0 saturated carbocycles.